The maximum absolute atomic E-state index is 12.9. The zero-order valence-electron chi connectivity index (χ0n) is 50.1. The van der Waals surface area contributed by atoms with Crippen LogP contribution >= 0.6 is 0 Å². The Morgan fingerprint density at radius 2 is 0.479 bits per heavy atom. The molecule has 0 aromatic rings. The minimum absolute atomic E-state index is 0.0608. The van der Waals surface area contributed by atoms with Gasteiger partial charge in [-0.1, -0.05) is 349 Å². The Balaban J connectivity index is 4.25. The SMILES string of the molecule is CCCCCCCCCCCCCCCCCCCCC(=O)O[C@@H](COC(=O)CCCCCCCCCCCCCCCCC)COC(=O)CCCCCCCCCCCCCCCCCCCCC(C)CC. The summed E-state index contributed by atoms with van der Waals surface area (Å²) in [6.45, 7) is 9.14. The molecule has 0 saturated carbocycles. The minimum atomic E-state index is -0.763. The highest BCUT2D eigenvalue weighted by Gasteiger charge is 2.19. The van der Waals surface area contributed by atoms with E-state index in [0.717, 1.165) is 63.7 Å². The maximum Gasteiger partial charge on any atom is 0.306 e. The third kappa shape index (κ3) is 59.5. The third-order valence-corrected chi connectivity index (χ3v) is 15.9. The summed E-state index contributed by atoms with van der Waals surface area (Å²) in [5.74, 6) is 0.0860. The van der Waals surface area contributed by atoms with Crippen molar-refractivity contribution >= 4 is 17.9 Å². The highest BCUT2D eigenvalue weighted by atomic mass is 16.6. The summed E-state index contributed by atoms with van der Waals surface area (Å²) in [5, 5.41) is 0. The lowest BCUT2D eigenvalue weighted by Gasteiger charge is -2.18. The van der Waals surface area contributed by atoms with Crippen LogP contribution in [0.5, 0.6) is 0 Å². The van der Waals surface area contributed by atoms with Gasteiger partial charge in [0.15, 0.2) is 6.10 Å². The molecule has 0 radical (unpaired) electrons. The van der Waals surface area contributed by atoms with Crippen LogP contribution in [0.25, 0.3) is 0 Å². The Morgan fingerprint density at radius 1 is 0.274 bits per heavy atom. The second-order valence-corrected chi connectivity index (χ2v) is 23.4. The Bertz CT molecular complexity index is 1110. The van der Waals surface area contributed by atoms with Crippen molar-refractivity contribution in [1.82, 2.24) is 0 Å². The lowest BCUT2D eigenvalue weighted by atomic mass is 9.99. The zero-order chi connectivity index (χ0) is 53.0. The second kappa shape index (κ2) is 61.3. The predicted molar refractivity (Wildman–Crippen MR) is 317 cm³/mol. The molecule has 0 aliphatic rings. The van der Waals surface area contributed by atoms with E-state index in [2.05, 4.69) is 27.7 Å². The highest BCUT2D eigenvalue weighted by Crippen LogP contribution is 2.19. The Morgan fingerprint density at radius 3 is 0.712 bits per heavy atom. The quantitative estimate of drug-likeness (QED) is 0.0343. The number of carbonyl (C=O) groups is 3. The Labute approximate surface area is 457 Å². The molecule has 0 aliphatic carbocycles. The van der Waals surface area contributed by atoms with Gasteiger partial charge in [-0.3, -0.25) is 14.4 Å². The fourth-order valence-corrected chi connectivity index (χ4v) is 10.5. The third-order valence-electron chi connectivity index (χ3n) is 15.9. The molecule has 1 unspecified atom stereocenters. The van der Waals surface area contributed by atoms with Crippen molar-refractivity contribution < 1.29 is 28.6 Å². The van der Waals surface area contributed by atoms with E-state index < -0.39 is 6.10 Å². The van der Waals surface area contributed by atoms with Crippen molar-refractivity contribution in [3.63, 3.8) is 0 Å². The van der Waals surface area contributed by atoms with Crippen LogP contribution in [-0.4, -0.2) is 37.2 Å². The first-order valence-electron chi connectivity index (χ1n) is 33.4. The molecule has 0 bridgehead atoms. The largest absolute Gasteiger partial charge is 0.462 e. The van der Waals surface area contributed by atoms with Crippen LogP contribution in [-0.2, 0) is 28.6 Å². The van der Waals surface area contributed by atoms with E-state index in [9.17, 15) is 14.4 Å². The Kier molecular flexibility index (Phi) is 59.9. The van der Waals surface area contributed by atoms with E-state index >= 15 is 0 Å². The van der Waals surface area contributed by atoms with Crippen molar-refractivity contribution in [3.8, 4) is 0 Å². The fraction of sp³-hybridized carbons (Fsp3) is 0.955. The summed E-state index contributed by atoms with van der Waals surface area (Å²) in [6, 6.07) is 0. The van der Waals surface area contributed by atoms with Crippen LogP contribution in [0.4, 0.5) is 0 Å². The topological polar surface area (TPSA) is 78.9 Å². The van der Waals surface area contributed by atoms with Crippen molar-refractivity contribution in [3.05, 3.63) is 0 Å². The van der Waals surface area contributed by atoms with Crippen LogP contribution < -0.4 is 0 Å². The van der Waals surface area contributed by atoms with Gasteiger partial charge in [0, 0.05) is 19.3 Å². The van der Waals surface area contributed by atoms with E-state index in [1.165, 1.54) is 283 Å². The molecule has 0 fully saturated rings. The molecular formula is C67H130O6. The molecule has 0 N–H and O–H groups in total. The molecule has 0 aromatic heterocycles. The van der Waals surface area contributed by atoms with E-state index in [4.69, 9.17) is 14.2 Å². The summed E-state index contributed by atoms with van der Waals surface area (Å²) in [5.41, 5.74) is 0. The molecule has 0 amide bonds. The first-order chi connectivity index (χ1) is 35.9. The molecule has 0 heterocycles. The molecule has 2 atom stereocenters. The number of carbonyl (C=O) groups excluding carboxylic acids is 3. The molecule has 0 spiro atoms. The lowest BCUT2D eigenvalue weighted by molar-refractivity contribution is -0.167. The fourth-order valence-electron chi connectivity index (χ4n) is 10.5. The molecule has 434 valence electrons. The van der Waals surface area contributed by atoms with Gasteiger partial charge in [-0.2, -0.15) is 0 Å². The number of hydrogen-bond donors (Lipinski definition) is 0. The monoisotopic (exact) mass is 1030 g/mol. The number of esters is 3. The van der Waals surface area contributed by atoms with E-state index in [1.807, 2.05) is 0 Å². The second-order valence-electron chi connectivity index (χ2n) is 23.4. The summed E-state index contributed by atoms with van der Waals surface area (Å²) in [6.07, 6.45) is 69.6. The summed E-state index contributed by atoms with van der Waals surface area (Å²) < 4.78 is 17.0. The molecule has 6 nitrogen and oxygen atoms in total. The first kappa shape index (κ1) is 71.4. The van der Waals surface area contributed by atoms with Crippen LogP contribution in [0, 0.1) is 5.92 Å². The average molecular weight is 1030 g/mol. The number of ether oxygens (including phenoxy) is 3. The van der Waals surface area contributed by atoms with Gasteiger partial charge in [0.25, 0.3) is 0 Å². The molecule has 0 saturated heterocycles. The molecule has 73 heavy (non-hydrogen) atoms. The lowest BCUT2D eigenvalue weighted by Crippen LogP contribution is -2.30. The smallest absolute Gasteiger partial charge is 0.306 e. The highest BCUT2D eigenvalue weighted by molar-refractivity contribution is 5.71. The van der Waals surface area contributed by atoms with Gasteiger partial charge in [-0.15, -0.1) is 0 Å². The van der Waals surface area contributed by atoms with E-state index in [-0.39, 0.29) is 31.1 Å². The average Bonchev–Trinajstić information content (AvgIpc) is 3.39. The van der Waals surface area contributed by atoms with Crippen molar-refractivity contribution in [1.29, 1.82) is 0 Å². The standard InChI is InChI=1S/C67H130O6/c1-5-8-10-12-14-16-18-20-22-23-27-32-36-40-44-48-52-56-60-67(70)73-64(61-71-65(68)58-54-50-46-42-38-34-29-21-19-17-15-13-11-9-6-2)62-72-66(69)59-55-51-47-43-39-35-31-28-25-24-26-30-33-37-41-45-49-53-57-63(4)7-3/h63-64H,5-62H2,1-4H3/t63?,64-/m0/s1. The van der Waals surface area contributed by atoms with E-state index in [1.54, 1.807) is 0 Å². The van der Waals surface area contributed by atoms with Gasteiger partial charge in [-0.05, 0) is 25.2 Å². The molecule has 0 rings (SSSR count). The molecular weight excluding hydrogens is 901 g/mol. The van der Waals surface area contributed by atoms with Gasteiger partial charge in [0.2, 0.25) is 0 Å². The van der Waals surface area contributed by atoms with Crippen LogP contribution in [0.1, 0.15) is 387 Å². The summed E-state index contributed by atoms with van der Waals surface area (Å²) in [7, 11) is 0. The summed E-state index contributed by atoms with van der Waals surface area (Å²) >= 11 is 0. The van der Waals surface area contributed by atoms with Gasteiger partial charge < -0.3 is 14.2 Å². The van der Waals surface area contributed by atoms with Gasteiger partial charge >= 0.3 is 17.9 Å². The van der Waals surface area contributed by atoms with Crippen LogP contribution in [0.3, 0.4) is 0 Å². The zero-order valence-corrected chi connectivity index (χ0v) is 50.1. The Hall–Kier alpha value is -1.59. The van der Waals surface area contributed by atoms with Gasteiger partial charge in [0.05, 0.1) is 0 Å². The maximum atomic E-state index is 12.9. The van der Waals surface area contributed by atoms with Crippen LogP contribution in [0.15, 0.2) is 0 Å². The first-order valence-corrected chi connectivity index (χ1v) is 33.4. The molecule has 6 heteroatoms. The number of rotatable bonds is 62. The molecule has 0 aliphatic heterocycles. The van der Waals surface area contributed by atoms with Crippen LogP contribution in [0.2, 0.25) is 0 Å². The number of unbranched alkanes of at least 4 members (excludes halogenated alkanes) is 48. The van der Waals surface area contributed by atoms with E-state index in [0.29, 0.717) is 19.3 Å². The molecule has 0 aromatic carbocycles. The van der Waals surface area contributed by atoms with Crippen molar-refractivity contribution in [2.45, 2.75) is 393 Å². The summed E-state index contributed by atoms with van der Waals surface area (Å²) in [4.78, 5) is 38.4. The van der Waals surface area contributed by atoms with Crippen molar-refractivity contribution in [2.75, 3.05) is 13.2 Å². The normalized spacial score (nSPS) is 12.3. The van der Waals surface area contributed by atoms with Gasteiger partial charge in [0.1, 0.15) is 13.2 Å². The van der Waals surface area contributed by atoms with Gasteiger partial charge in [-0.25, -0.2) is 0 Å². The number of hydrogen-bond acceptors (Lipinski definition) is 6. The van der Waals surface area contributed by atoms with Crippen molar-refractivity contribution in [2.24, 2.45) is 5.92 Å². The minimum Gasteiger partial charge on any atom is -0.462 e. The predicted octanol–water partition coefficient (Wildman–Crippen LogP) is 22.5.